The number of rotatable bonds is 4. The van der Waals surface area contributed by atoms with E-state index in [9.17, 15) is 23.8 Å². The monoisotopic (exact) mass is 303 g/mol. The van der Waals surface area contributed by atoms with E-state index in [-0.39, 0.29) is 0 Å². The van der Waals surface area contributed by atoms with Crippen LogP contribution in [-0.2, 0) is 4.74 Å². The molecule has 0 bridgehead atoms. The van der Waals surface area contributed by atoms with Gasteiger partial charge in [0, 0.05) is 6.54 Å². The molecule has 0 aromatic heterocycles. The highest BCUT2D eigenvalue weighted by Gasteiger charge is 2.26. The fourth-order valence-corrected chi connectivity index (χ4v) is 1.60. The van der Waals surface area contributed by atoms with Crippen molar-refractivity contribution in [1.29, 1.82) is 0 Å². The SMILES string of the molecule is CC(C)(C)OC(=O)NCC(O)C(O)c1c(F)cccc1F. The zero-order valence-electron chi connectivity index (χ0n) is 12.1. The second-order valence-corrected chi connectivity index (χ2v) is 5.53. The normalized spacial score (nSPS) is 14.4. The van der Waals surface area contributed by atoms with Crippen LogP contribution >= 0.6 is 0 Å². The fourth-order valence-electron chi connectivity index (χ4n) is 1.60. The van der Waals surface area contributed by atoms with Gasteiger partial charge in [-0.2, -0.15) is 0 Å². The van der Waals surface area contributed by atoms with Crippen molar-refractivity contribution in [3.8, 4) is 0 Å². The first kappa shape index (κ1) is 17.3. The molecule has 0 saturated heterocycles. The van der Waals surface area contributed by atoms with Gasteiger partial charge in [0.1, 0.15) is 29.4 Å². The van der Waals surface area contributed by atoms with E-state index in [0.717, 1.165) is 18.2 Å². The van der Waals surface area contributed by atoms with Crippen LogP contribution < -0.4 is 5.32 Å². The zero-order chi connectivity index (χ0) is 16.2. The van der Waals surface area contributed by atoms with Gasteiger partial charge in [-0.1, -0.05) is 6.07 Å². The average molecular weight is 303 g/mol. The Morgan fingerprint density at radius 1 is 1.29 bits per heavy atom. The summed E-state index contributed by atoms with van der Waals surface area (Å²) in [5.41, 5.74) is -1.36. The number of carbonyl (C=O) groups excluding carboxylic acids is 1. The van der Waals surface area contributed by atoms with E-state index < -0.39 is 47.6 Å². The van der Waals surface area contributed by atoms with Crippen LogP contribution in [0, 0.1) is 11.6 Å². The number of benzene rings is 1. The van der Waals surface area contributed by atoms with Crippen LogP contribution in [0.1, 0.15) is 32.4 Å². The number of amides is 1. The summed E-state index contributed by atoms with van der Waals surface area (Å²) in [5.74, 6) is -1.95. The quantitative estimate of drug-likeness (QED) is 0.793. The molecule has 0 heterocycles. The molecule has 0 aliphatic carbocycles. The van der Waals surface area contributed by atoms with Crippen LogP contribution in [0.3, 0.4) is 0 Å². The third-order valence-corrected chi connectivity index (χ3v) is 2.51. The summed E-state index contributed by atoms with van der Waals surface area (Å²) in [6.07, 6.45) is -4.19. The number of alkyl carbamates (subject to hydrolysis) is 1. The van der Waals surface area contributed by atoms with E-state index in [4.69, 9.17) is 4.74 Å². The smallest absolute Gasteiger partial charge is 0.407 e. The van der Waals surface area contributed by atoms with Gasteiger partial charge < -0.3 is 20.3 Å². The number of halogens is 2. The van der Waals surface area contributed by atoms with Gasteiger partial charge in [0.15, 0.2) is 0 Å². The minimum Gasteiger partial charge on any atom is -0.444 e. The lowest BCUT2D eigenvalue weighted by atomic mass is 10.0. The van der Waals surface area contributed by atoms with Crippen molar-refractivity contribution in [2.75, 3.05) is 6.54 Å². The first-order valence-electron chi connectivity index (χ1n) is 6.38. The first-order valence-corrected chi connectivity index (χ1v) is 6.38. The summed E-state index contributed by atoms with van der Waals surface area (Å²) in [5, 5.41) is 21.7. The summed E-state index contributed by atoms with van der Waals surface area (Å²) in [6, 6.07) is 3.08. The second-order valence-electron chi connectivity index (χ2n) is 5.53. The molecule has 5 nitrogen and oxygen atoms in total. The van der Waals surface area contributed by atoms with Gasteiger partial charge >= 0.3 is 6.09 Å². The Morgan fingerprint density at radius 2 is 1.81 bits per heavy atom. The first-order chi connectivity index (χ1) is 9.61. The van der Waals surface area contributed by atoms with Crippen LogP contribution in [0.4, 0.5) is 13.6 Å². The van der Waals surface area contributed by atoms with E-state index in [1.54, 1.807) is 20.8 Å². The summed E-state index contributed by atoms with van der Waals surface area (Å²) < 4.78 is 31.8. The maximum absolute atomic E-state index is 13.5. The molecule has 7 heteroatoms. The van der Waals surface area contributed by atoms with E-state index in [0.29, 0.717) is 0 Å². The molecule has 1 amide bonds. The summed E-state index contributed by atoms with van der Waals surface area (Å²) in [4.78, 5) is 11.4. The van der Waals surface area contributed by atoms with E-state index in [2.05, 4.69) is 5.32 Å². The van der Waals surface area contributed by atoms with Crippen molar-refractivity contribution in [3.63, 3.8) is 0 Å². The van der Waals surface area contributed by atoms with Gasteiger partial charge in [-0.05, 0) is 32.9 Å². The molecular formula is C14H19F2NO4. The average Bonchev–Trinajstić information content (AvgIpc) is 2.33. The molecule has 2 unspecified atom stereocenters. The molecule has 2 atom stereocenters. The van der Waals surface area contributed by atoms with Crippen molar-refractivity contribution in [2.45, 2.75) is 38.6 Å². The van der Waals surface area contributed by atoms with Crippen molar-refractivity contribution >= 4 is 6.09 Å². The van der Waals surface area contributed by atoms with Crippen LogP contribution in [0.25, 0.3) is 0 Å². The van der Waals surface area contributed by atoms with E-state index in [1.165, 1.54) is 0 Å². The third kappa shape index (κ3) is 5.28. The maximum atomic E-state index is 13.5. The van der Waals surface area contributed by atoms with E-state index in [1.807, 2.05) is 0 Å². The molecule has 0 spiro atoms. The Balaban J connectivity index is 2.63. The molecular weight excluding hydrogens is 284 g/mol. The molecule has 118 valence electrons. The van der Waals surface area contributed by atoms with Crippen LogP contribution in [0.5, 0.6) is 0 Å². The number of hydrogen-bond acceptors (Lipinski definition) is 4. The van der Waals surface area contributed by atoms with Crippen LogP contribution in [0.2, 0.25) is 0 Å². The largest absolute Gasteiger partial charge is 0.444 e. The molecule has 0 saturated carbocycles. The van der Waals surface area contributed by atoms with Gasteiger partial charge in [0.2, 0.25) is 0 Å². The van der Waals surface area contributed by atoms with Crippen molar-refractivity contribution in [2.24, 2.45) is 0 Å². The van der Waals surface area contributed by atoms with Gasteiger partial charge in [-0.25, -0.2) is 13.6 Å². The van der Waals surface area contributed by atoms with Gasteiger partial charge in [-0.3, -0.25) is 0 Å². The topological polar surface area (TPSA) is 78.8 Å². The van der Waals surface area contributed by atoms with Gasteiger partial charge in [0.25, 0.3) is 0 Å². The predicted octanol–water partition coefficient (Wildman–Crippen LogP) is 1.88. The standard InChI is InChI=1S/C14H19F2NO4/c1-14(2,3)21-13(20)17-7-10(18)12(19)11-8(15)5-4-6-9(11)16/h4-6,10,12,18-19H,7H2,1-3H3,(H,17,20). The Bertz CT molecular complexity index is 482. The number of aliphatic hydroxyl groups excluding tert-OH is 2. The van der Waals surface area contributed by atoms with Crippen molar-refractivity contribution < 1.29 is 28.5 Å². The third-order valence-electron chi connectivity index (χ3n) is 2.51. The summed E-state index contributed by atoms with van der Waals surface area (Å²) in [6.45, 7) is 4.57. The van der Waals surface area contributed by atoms with Gasteiger partial charge in [-0.15, -0.1) is 0 Å². The molecule has 0 fully saturated rings. The molecule has 0 aliphatic rings. The maximum Gasteiger partial charge on any atom is 0.407 e. The Labute approximate surface area is 121 Å². The highest BCUT2D eigenvalue weighted by molar-refractivity contribution is 5.67. The Kier molecular flexibility index (Phi) is 5.62. The molecule has 1 rings (SSSR count). The second kappa shape index (κ2) is 6.82. The van der Waals surface area contributed by atoms with E-state index >= 15 is 0 Å². The minimum absolute atomic E-state index is 0.413. The fraction of sp³-hybridized carbons (Fsp3) is 0.500. The number of ether oxygens (including phenoxy) is 1. The lowest BCUT2D eigenvalue weighted by Gasteiger charge is -2.22. The number of aliphatic hydroxyl groups is 2. The molecule has 0 radical (unpaired) electrons. The molecule has 0 aliphatic heterocycles. The lowest BCUT2D eigenvalue weighted by Crippen LogP contribution is -2.39. The highest BCUT2D eigenvalue weighted by atomic mass is 19.1. The Morgan fingerprint density at radius 3 is 2.29 bits per heavy atom. The molecule has 1 aromatic rings. The highest BCUT2D eigenvalue weighted by Crippen LogP contribution is 2.23. The van der Waals surface area contributed by atoms with Crippen LogP contribution in [-0.4, -0.2) is 34.6 Å². The van der Waals surface area contributed by atoms with Crippen molar-refractivity contribution in [3.05, 3.63) is 35.4 Å². The molecule has 3 N–H and O–H groups in total. The molecule has 1 aromatic carbocycles. The van der Waals surface area contributed by atoms with Gasteiger partial charge in [0.05, 0.1) is 5.56 Å². The minimum atomic E-state index is -1.80. The number of nitrogens with one attached hydrogen (secondary N) is 1. The number of hydrogen-bond donors (Lipinski definition) is 3. The summed E-state index contributed by atoms with van der Waals surface area (Å²) >= 11 is 0. The van der Waals surface area contributed by atoms with Crippen molar-refractivity contribution in [1.82, 2.24) is 5.32 Å². The zero-order valence-corrected chi connectivity index (χ0v) is 12.1. The van der Waals surface area contributed by atoms with Crippen LogP contribution in [0.15, 0.2) is 18.2 Å². The predicted molar refractivity (Wildman–Crippen MR) is 71.6 cm³/mol. The lowest BCUT2D eigenvalue weighted by molar-refractivity contribution is 0.00953. The number of carbonyl (C=O) groups is 1. The Hall–Kier alpha value is -1.73. The summed E-state index contributed by atoms with van der Waals surface area (Å²) in [7, 11) is 0. The molecule has 21 heavy (non-hydrogen) atoms.